The number of thioether (sulfide) groups is 1. The van der Waals surface area contributed by atoms with Crippen LogP contribution >= 0.6 is 11.8 Å². The van der Waals surface area contributed by atoms with Crippen LogP contribution in [0.1, 0.15) is 34.1 Å². The average molecular weight is 284 g/mol. The Labute approximate surface area is 117 Å². The summed E-state index contributed by atoms with van der Waals surface area (Å²) in [5, 5.41) is 9.95. The van der Waals surface area contributed by atoms with Crippen molar-refractivity contribution in [2.45, 2.75) is 50.2 Å². The molecule has 0 aliphatic carbocycles. The van der Waals surface area contributed by atoms with Crippen LogP contribution in [0.4, 0.5) is 0 Å². The molecule has 4 nitrogen and oxygen atoms in total. The zero-order chi connectivity index (χ0) is 14.4. The third-order valence-corrected chi connectivity index (χ3v) is 5.52. The lowest BCUT2D eigenvalue weighted by molar-refractivity contribution is -0.179. The van der Waals surface area contributed by atoms with Gasteiger partial charge in [0.05, 0.1) is 0 Å². The standard InChI is InChI=1S/C14H20O4S/c1-13(2,11(15)16)12(17)18-14(3,4)9-7-8-5-6-10(9)19-8/h5-6,8-10H,7H2,1-4H3,(H,15,16). The molecule has 19 heavy (non-hydrogen) atoms. The lowest BCUT2D eigenvalue weighted by atomic mass is 9.81. The quantitative estimate of drug-likeness (QED) is 0.488. The number of hydrogen-bond donors (Lipinski definition) is 1. The molecule has 0 aromatic rings. The van der Waals surface area contributed by atoms with Crippen molar-refractivity contribution in [2.24, 2.45) is 11.3 Å². The minimum atomic E-state index is -1.50. The van der Waals surface area contributed by atoms with Crippen molar-refractivity contribution in [3.05, 3.63) is 12.2 Å². The molecular formula is C14H20O4S. The van der Waals surface area contributed by atoms with Crippen molar-refractivity contribution in [2.75, 3.05) is 0 Å². The van der Waals surface area contributed by atoms with Gasteiger partial charge in [-0.25, -0.2) is 0 Å². The van der Waals surface area contributed by atoms with Gasteiger partial charge in [-0.1, -0.05) is 12.2 Å². The summed E-state index contributed by atoms with van der Waals surface area (Å²) in [6.45, 7) is 6.51. The van der Waals surface area contributed by atoms with Gasteiger partial charge in [-0.2, -0.15) is 0 Å². The van der Waals surface area contributed by atoms with Crippen LogP contribution in [0, 0.1) is 11.3 Å². The van der Waals surface area contributed by atoms with Gasteiger partial charge in [0.1, 0.15) is 5.60 Å². The first kappa shape index (κ1) is 14.4. The van der Waals surface area contributed by atoms with E-state index in [2.05, 4.69) is 12.2 Å². The molecule has 1 fully saturated rings. The molecule has 3 atom stereocenters. The zero-order valence-electron chi connectivity index (χ0n) is 11.7. The number of carbonyl (C=O) groups excluding carboxylic acids is 1. The summed E-state index contributed by atoms with van der Waals surface area (Å²) in [6.07, 6.45) is 5.35. The Kier molecular flexibility index (Phi) is 3.45. The first-order chi connectivity index (χ1) is 8.64. The predicted molar refractivity (Wildman–Crippen MR) is 74.0 cm³/mol. The molecule has 0 spiro atoms. The summed E-state index contributed by atoms with van der Waals surface area (Å²) in [6, 6.07) is 0. The van der Waals surface area contributed by atoms with E-state index in [9.17, 15) is 9.59 Å². The van der Waals surface area contributed by atoms with Crippen LogP contribution in [0.3, 0.4) is 0 Å². The van der Waals surface area contributed by atoms with Crippen molar-refractivity contribution < 1.29 is 19.4 Å². The Morgan fingerprint density at radius 2 is 1.89 bits per heavy atom. The number of carbonyl (C=O) groups is 2. The lowest BCUT2D eigenvalue weighted by Crippen LogP contribution is -2.45. The highest BCUT2D eigenvalue weighted by molar-refractivity contribution is 8.01. The van der Waals surface area contributed by atoms with Gasteiger partial charge < -0.3 is 9.84 Å². The smallest absolute Gasteiger partial charge is 0.323 e. The van der Waals surface area contributed by atoms with Gasteiger partial charge in [0, 0.05) is 16.4 Å². The number of fused-ring (bicyclic) bond motifs is 2. The summed E-state index contributed by atoms with van der Waals surface area (Å²) in [4.78, 5) is 23.1. The number of aliphatic carboxylic acids is 1. The molecular weight excluding hydrogens is 264 g/mol. The zero-order valence-corrected chi connectivity index (χ0v) is 12.5. The summed E-state index contributed by atoms with van der Waals surface area (Å²) in [5.74, 6) is -1.57. The van der Waals surface area contributed by atoms with Crippen LogP contribution in [-0.2, 0) is 14.3 Å². The van der Waals surface area contributed by atoms with E-state index in [1.54, 1.807) is 0 Å². The summed E-state index contributed by atoms with van der Waals surface area (Å²) < 4.78 is 5.53. The fourth-order valence-electron chi connectivity index (χ4n) is 2.48. The number of hydrogen-bond acceptors (Lipinski definition) is 4. The second-order valence-corrected chi connectivity index (χ2v) is 7.71. The third kappa shape index (κ3) is 2.53. The highest BCUT2D eigenvalue weighted by Gasteiger charge is 2.49. The van der Waals surface area contributed by atoms with Crippen LogP contribution in [0.15, 0.2) is 12.2 Å². The molecule has 2 heterocycles. The van der Waals surface area contributed by atoms with Crippen LogP contribution in [0.5, 0.6) is 0 Å². The van der Waals surface area contributed by atoms with E-state index in [1.165, 1.54) is 13.8 Å². The van der Waals surface area contributed by atoms with Crippen LogP contribution in [0.2, 0.25) is 0 Å². The van der Waals surface area contributed by atoms with Crippen LogP contribution in [-0.4, -0.2) is 33.1 Å². The number of esters is 1. The van der Waals surface area contributed by atoms with Gasteiger partial charge in [0.25, 0.3) is 0 Å². The lowest BCUT2D eigenvalue weighted by Gasteiger charge is -2.36. The van der Waals surface area contributed by atoms with Gasteiger partial charge in [0.2, 0.25) is 0 Å². The topological polar surface area (TPSA) is 63.6 Å². The molecule has 2 aliphatic heterocycles. The van der Waals surface area contributed by atoms with E-state index >= 15 is 0 Å². The minimum absolute atomic E-state index is 0.251. The van der Waals surface area contributed by atoms with E-state index in [0.29, 0.717) is 10.5 Å². The number of ether oxygens (including phenoxy) is 1. The van der Waals surface area contributed by atoms with E-state index in [1.807, 2.05) is 25.6 Å². The van der Waals surface area contributed by atoms with Crippen molar-refractivity contribution in [1.82, 2.24) is 0 Å². The highest BCUT2D eigenvalue weighted by atomic mass is 32.2. The molecule has 2 bridgehead atoms. The minimum Gasteiger partial charge on any atom is -0.480 e. The molecule has 1 saturated heterocycles. The first-order valence-corrected chi connectivity index (χ1v) is 7.39. The van der Waals surface area contributed by atoms with Gasteiger partial charge in [-0.15, -0.1) is 11.8 Å². The molecule has 0 radical (unpaired) electrons. The monoisotopic (exact) mass is 284 g/mol. The van der Waals surface area contributed by atoms with Gasteiger partial charge >= 0.3 is 11.9 Å². The number of carboxylic acid groups (broad SMARTS) is 1. The Hall–Kier alpha value is -0.970. The molecule has 0 aromatic carbocycles. The van der Waals surface area contributed by atoms with Crippen LogP contribution in [0.25, 0.3) is 0 Å². The second kappa shape index (κ2) is 4.54. The molecule has 2 rings (SSSR count). The van der Waals surface area contributed by atoms with Crippen molar-refractivity contribution in [3.8, 4) is 0 Å². The van der Waals surface area contributed by atoms with Crippen molar-refractivity contribution in [3.63, 3.8) is 0 Å². The van der Waals surface area contributed by atoms with Gasteiger partial charge in [-0.3, -0.25) is 9.59 Å². The molecule has 1 N–H and O–H groups in total. The predicted octanol–water partition coefficient (Wildman–Crippen LogP) is 2.48. The Balaban J connectivity index is 2.08. The molecule has 0 amide bonds. The SMILES string of the molecule is CC(C)(C(=O)O)C(=O)OC(C)(C)C1CC2C=CC1S2. The molecule has 5 heteroatoms. The Morgan fingerprint density at radius 3 is 2.32 bits per heavy atom. The van der Waals surface area contributed by atoms with Crippen molar-refractivity contribution in [1.29, 1.82) is 0 Å². The van der Waals surface area contributed by atoms with Crippen LogP contribution < -0.4 is 0 Å². The maximum absolute atomic E-state index is 12.1. The number of carboxylic acids is 1. The normalized spacial score (nSPS) is 29.6. The maximum atomic E-state index is 12.1. The van der Waals surface area contributed by atoms with E-state index in [0.717, 1.165) is 6.42 Å². The Morgan fingerprint density at radius 1 is 1.26 bits per heavy atom. The number of rotatable bonds is 4. The van der Waals surface area contributed by atoms with Gasteiger partial charge in [0.15, 0.2) is 5.41 Å². The molecule has 0 saturated carbocycles. The summed E-state index contributed by atoms with van der Waals surface area (Å²) in [5.41, 5.74) is -2.14. The van der Waals surface area contributed by atoms with Gasteiger partial charge in [-0.05, 0) is 34.1 Å². The average Bonchev–Trinajstić information content (AvgIpc) is 2.89. The Bertz CT molecular complexity index is 439. The summed E-state index contributed by atoms with van der Waals surface area (Å²) >= 11 is 1.89. The maximum Gasteiger partial charge on any atom is 0.323 e. The second-order valence-electron chi connectivity index (χ2n) is 6.29. The highest BCUT2D eigenvalue weighted by Crippen LogP contribution is 2.50. The van der Waals surface area contributed by atoms with E-state index in [-0.39, 0.29) is 5.92 Å². The molecule has 3 unspecified atom stereocenters. The fourth-order valence-corrected chi connectivity index (χ4v) is 4.20. The third-order valence-electron chi connectivity index (χ3n) is 4.02. The van der Waals surface area contributed by atoms with E-state index in [4.69, 9.17) is 9.84 Å². The molecule has 106 valence electrons. The molecule has 0 aromatic heterocycles. The fraction of sp³-hybridized carbons (Fsp3) is 0.714. The largest absolute Gasteiger partial charge is 0.480 e. The van der Waals surface area contributed by atoms with Crippen molar-refractivity contribution >= 4 is 23.7 Å². The first-order valence-electron chi connectivity index (χ1n) is 6.45. The van der Waals surface area contributed by atoms with E-state index < -0.39 is 23.0 Å². The molecule has 2 aliphatic rings. The summed E-state index contributed by atoms with van der Waals surface area (Å²) in [7, 11) is 0.